The second kappa shape index (κ2) is 6.04. The molecular weight excluding hydrogens is 244 g/mol. The van der Waals surface area contributed by atoms with Crippen LogP contribution >= 0.6 is 0 Å². The van der Waals surface area contributed by atoms with E-state index in [0.29, 0.717) is 18.7 Å². The number of hydrogen-bond acceptors (Lipinski definition) is 2. The van der Waals surface area contributed by atoms with Gasteiger partial charge in [0.05, 0.1) is 5.56 Å². The van der Waals surface area contributed by atoms with Gasteiger partial charge >= 0.3 is 12.0 Å². The number of amides is 2. The summed E-state index contributed by atoms with van der Waals surface area (Å²) >= 11 is 0. The zero-order valence-corrected chi connectivity index (χ0v) is 10.5. The second-order valence-corrected chi connectivity index (χ2v) is 4.33. The topological polar surface area (TPSA) is 69.6 Å². The molecule has 0 aliphatic carbocycles. The maximum atomic E-state index is 11.9. The first-order valence-corrected chi connectivity index (χ1v) is 6.17. The van der Waals surface area contributed by atoms with Crippen LogP contribution in [-0.4, -0.2) is 35.1 Å². The second-order valence-electron chi connectivity index (χ2n) is 4.33. The lowest BCUT2D eigenvalue weighted by Crippen LogP contribution is -2.41. The number of nitrogens with one attached hydrogen (secondary N) is 1. The van der Waals surface area contributed by atoms with Crippen molar-refractivity contribution < 1.29 is 14.7 Å². The summed E-state index contributed by atoms with van der Waals surface area (Å²) in [5.41, 5.74) is 0.831. The molecule has 1 heterocycles. The average Bonchev–Trinajstić information content (AvgIpc) is 2.46. The highest BCUT2D eigenvalue weighted by Crippen LogP contribution is 2.09. The van der Waals surface area contributed by atoms with E-state index in [1.807, 2.05) is 12.2 Å². The van der Waals surface area contributed by atoms with Crippen molar-refractivity contribution in [2.75, 3.05) is 13.1 Å². The number of aromatic carboxylic acids is 1. The molecule has 100 valence electrons. The predicted molar refractivity (Wildman–Crippen MR) is 71.0 cm³/mol. The molecule has 1 aliphatic rings. The lowest BCUT2D eigenvalue weighted by Gasteiger charge is -2.23. The zero-order valence-electron chi connectivity index (χ0n) is 10.5. The molecule has 1 aromatic rings. The van der Waals surface area contributed by atoms with Gasteiger partial charge in [0.15, 0.2) is 0 Å². The molecule has 0 saturated heterocycles. The van der Waals surface area contributed by atoms with Gasteiger partial charge in [0.25, 0.3) is 0 Å². The van der Waals surface area contributed by atoms with Gasteiger partial charge < -0.3 is 15.3 Å². The van der Waals surface area contributed by atoms with Crippen LogP contribution in [0.15, 0.2) is 36.4 Å². The third-order valence-corrected chi connectivity index (χ3v) is 3.02. The van der Waals surface area contributed by atoms with Crippen LogP contribution in [0.25, 0.3) is 0 Å². The van der Waals surface area contributed by atoms with E-state index in [0.717, 1.165) is 6.42 Å². The summed E-state index contributed by atoms with van der Waals surface area (Å²) in [7, 11) is 0. The third kappa shape index (κ3) is 3.34. The molecular formula is C14H16N2O3. The number of rotatable bonds is 3. The quantitative estimate of drug-likeness (QED) is 0.815. The number of urea groups is 1. The minimum absolute atomic E-state index is 0.162. The number of hydrogen-bond donors (Lipinski definition) is 2. The van der Waals surface area contributed by atoms with Crippen LogP contribution in [0.2, 0.25) is 0 Å². The van der Waals surface area contributed by atoms with E-state index in [1.54, 1.807) is 23.1 Å². The van der Waals surface area contributed by atoms with Crippen LogP contribution in [0.3, 0.4) is 0 Å². The Labute approximate surface area is 111 Å². The molecule has 1 aromatic carbocycles. The van der Waals surface area contributed by atoms with Crippen LogP contribution in [0.1, 0.15) is 22.3 Å². The number of carbonyl (C=O) groups excluding carboxylic acids is 1. The van der Waals surface area contributed by atoms with Crippen molar-refractivity contribution in [2.45, 2.75) is 13.0 Å². The zero-order chi connectivity index (χ0) is 13.7. The van der Waals surface area contributed by atoms with Gasteiger partial charge in [-0.3, -0.25) is 0 Å². The predicted octanol–water partition coefficient (Wildman–Crippen LogP) is 1.86. The molecule has 0 saturated carbocycles. The SMILES string of the molecule is O=C(O)c1ccccc1CNC(=O)N1CC=CCC1. The van der Waals surface area contributed by atoms with E-state index in [4.69, 9.17) is 5.11 Å². The van der Waals surface area contributed by atoms with Gasteiger partial charge in [-0.2, -0.15) is 0 Å². The highest BCUT2D eigenvalue weighted by molar-refractivity contribution is 5.89. The highest BCUT2D eigenvalue weighted by Gasteiger charge is 2.14. The minimum Gasteiger partial charge on any atom is -0.478 e. The summed E-state index contributed by atoms with van der Waals surface area (Å²) in [5.74, 6) is -0.981. The van der Waals surface area contributed by atoms with Gasteiger partial charge in [0.2, 0.25) is 0 Å². The molecule has 0 aromatic heterocycles. The number of nitrogens with zero attached hydrogens (tertiary/aromatic N) is 1. The molecule has 0 radical (unpaired) electrons. The standard InChI is InChI=1S/C14H16N2O3/c17-13(18)12-7-3-2-6-11(12)10-15-14(19)16-8-4-1-5-9-16/h1-4,6-7H,5,8-10H2,(H,15,19)(H,17,18). The molecule has 0 unspecified atom stereocenters. The first-order chi connectivity index (χ1) is 9.18. The molecule has 2 rings (SSSR count). The van der Waals surface area contributed by atoms with Crippen LogP contribution in [0.5, 0.6) is 0 Å². The van der Waals surface area contributed by atoms with Gasteiger partial charge in [-0.05, 0) is 18.1 Å². The Morgan fingerprint density at radius 3 is 2.74 bits per heavy atom. The van der Waals surface area contributed by atoms with Crippen molar-refractivity contribution in [1.82, 2.24) is 10.2 Å². The van der Waals surface area contributed by atoms with E-state index in [-0.39, 0.29) is 18.1 Å². The summed E-state index contributed by atoms with van der Waals surface area (Å²) in [6.45, 7) is 1.52. The van der Waals surface area contributed by atoms with Crippen molar-refractivity contribution in [3.05, 3.63) is 47.5 Å². The Hall–Kier alpha value is -2.30. The Bertz CT molecular complexity index is 511. The van der Waals surface area contributed by atoms with Crippen LogP contribution < -0.4 is 5.32 Å². The van der Waals surface area contributed by atoms with Crippen molar-refractivity contribution in [3.8, 4) is 0 Å². The van der Waals surface area contributed by atoms with Gasteiger partial charge in [-0.15, -0.1) is 0 Å². The largest absolute Gasteiger partial charge is 0.478 e. The molecule has 2 amide bonds. The lowest BCUT2D eigenvalue weighted by atomic mass is 10.1. The average molecular weight is 260 g/mol. The number of benzene rings is 1. The van der Waals surface area contributed by atoms with Crippen LogP contribution in [-0.2, 0) is 6.54 Å². The molecule has 0 spiro atoms. The van der Waals surface area contributed by atoms with E-state index >= 15 is 0 Å². The Morgan fingerprint density at radius 2 is 2.05 bits per heavy atom. The number of carboxylic acid groups (broad SMARTS) is 1. The fraction of sp³-hybridized carbons (Fsp3) is 0.286. The maximum absolute atomic E-state index is 11.9. The first-order valence-electron chi connectivity index (χ1n) is 6.17. The molecule has 1 aliphatic heterocycles. The molecule has 0 bridgehead atoms. The van der Waals surface area contributed by atoms with Crippen molar-refractivity contribution in [1.29, 1.82) is 0 Å². The van der Waals surface area contributed by atoms with Gasteiger partial charge in [0, 0.05) is 19.6 Å². The Balaban J connectivity index is 1.97. The molecule has 5 nitrogen and oxygen atoms in total. The smallest absolute Gasteiger partial charge is 0.336 e. The van der Waals surface area contributed by atoms with Gasteiger partial charge in [0.1, 0.15) is 0 Å². The molecule has 0 fully saturated rings. The minimum atomic E-state index is -0.981. The molecule has 5 heteroatoms. The van der Waals surface area contributed by atoms with Crippen LogP contribution in [0.4, 0.5) is 4.79 Å². The van der Waals surface area contributed by atoms with E-state index < -0.39 is 5.97 Å². The first kappa shape index (κ1) is 13.1. The molecule has 2 N–H and O–H groups in total. The summed E-state index contributed by atoms with van der Waals surface area (Å²) in [6, 6.07) is 6.51. The van der Waals surface area contributed by atoms with Crippen LogP contribution in [0, 0.1) is 0 Å². The van der Waals surface area contributed by atoms with Gasteiger partial charge in [-0.25, -0.2) is 9.59 Å². The van der Waals surface area contributed by atoms with Crippen molar-refractivity contribution >= 4 is 12.0 Å². The van der Waals surface area contributed by atoms with Crippen molar-refractivity contribution in [3.63, 3.8) is 0 Å². The normalized spacial score (nSPS) is 14.2. The number of carbonyl (C=O) groups is 2. The third-order valence-electron chi connectivity index (χ3n) is 3.02. The van der Waals surface area contributed by atoms with E-state index in [2.05, 4.69) is 5.32 Å². The van der Waals surface area contributed by atoms with E-state index in [9.17, 15) is 9.59 Å². The van der Waals surface area contributed by atoms with Gasteiger partial charge in [-0.1, -0.05) is 30.4 Å². The summed E-state index contributed by atoms with van der Waals surface area (Å²) < 4.78 is 0. The lowest BCUT2D eigenvalue weighted by molar-refractivity contribution is 0.0695. The van der Waals surface area contributed by atoms with E-state index in [1.165, 1.54) is 6.07 Å². The highest BCUT2D eigenvalue weighted by atomic mass is 16.4. The Morgan fingerprint density at radius 1 is 1.26 bits per heavy atom. The number of carboxylic acids is 1. The molecule has 0 atom stereocenters. The summed E-state index contributed by atoms with van der Waals surface area (Å²) in [4.78, 5) is 24.6. The fourth-order valence-corrected chi connectivity index (χ4v) is 1.99. The fourth-order valence-electron chi connectivity index (χ4n) is 1.99. The Kier molecular flexibility index (Phi) is 4.18. The molecule has 19 heavy (non-hydrogen) atoms. The monoisotopic (exact) mass is 260 g/mol. The summed E-state index contributed by atoms with van der Waals surface area (Å²) in [6.07, 6.45) is 4.86. The maximum Gasteiger partial charge on any atom is 0.336 e. The van der Waals surface area contributed by atoms with Crippen molar-refractivity contribution in [2.24, 2.45) is 0 Å². The summed E-state index contributed by atoms with van der Waals surface area (Å²) in [5, 5.41) is 11.8.